The van der Waals surface area contributed by atoms with Crippen molar-refractivity contribution in [1.82, 2.24) is 24.4 Å². The molecule has 0 bridgehead atoms. The van der Waals surface area contributed by atoms with Gasteiger partial charge in [-0.2, -0.15) is 5.10 Å². The Morgan fingerprint density at radius 1 is 1.12 bits per heavy atom. The molecule has 9 heteroatoms. The van der Waals surface area contributed by atoms with Crippen molar-refractivity contribution in [2.75, 3.05) is 5.32 Å². The maximum atomic E-state index is 11.9. The number of amides is 1. The molecule has 1 unspecified atom stereocenters. The number of benzene rings is 1. The summed E-state index contributed by atoms with van der Waals surface area (Å²) in [6.45, 7) is 4.00. The van der Waals surface area contributed by atoms with Crippen LogP contribution in [0.4, 0.5) is 5.82 Å². The fourth-order valence-electron chi connectivity index (χ4n) is 3.86. The second kappa shape index (κ2) is 8.64. The highest BCUT2D eigenvalue weighted by Crippen LogP contribution is 2.29. The molecule has 8 nitrogen and oxygen atoms in total. The Hall–Kier alpha value is -4.17. The summed E-state index contributed by atoms with van der Waals surface area (Å²) in [6, 6.07) is 19.2. The van der Waals surface area contributed by atoms with Gasteiger partial charge in [0.1, 0.15) is 5.82 Å². The third kappa shape index (κ3) is 4.11. The van der Waals surface area contributed by atoms with Crippen LogP contribution < -0.4 is 11.1 Å². The first-order chi connectivity index (χ1) is 16.4. The molecule has 1 aromatic carbocycles. The summed E-state index contributed by atoms with van der Waals surface area (Å²) in [6.07, 6.45) is 3.27. The Kier molecular flexibility index (Phi) is 5.51. The van der Waals surface area contributed by atoms with E-state index < -0.39 is 5.91 Å². The van der Waals surface area contributed by atoms with Gasteiger partial charge in [-0.1, -0.05) is 29.8 Å². The molecule has 0 saturated carbocycles. The lowest BCUT2D eigenvalue weighted by molar-refractivity contribution is 0.100. The summed E-state index contributed by atoms with van der Waals surface area (Å²) in [5.41, 5.74) is 10.1. The molecule has 1 amide bonds. The number of rotatable bonds is 6. The van der Waals surface area contributed by atoms with Gasteiger partial charge in [-0.05, 0) is 55.8 Å². The summed E-state index contributed by atoms with van der Waals surface area (Å²) < 4.78 is 3.41. The smallest absolute Gasteiger partial charge is 0.252 e. The van der Waals surface area contributed by atoms with E-state index in [2.05, 4.69) is 22.3 Å². The standard InChI is InChI=1S/C25H22ClN7O/c1-15-4-3-5-24(29-15)33-21(18-10-11-32-22(12-18)20(14-28-32)25(27)34)13-23(31-33)30-16(2)17-6-8-19(26)9-7-17/h3-14,16H,1-2H3,(H2,27,34)(H,30,31). The van der Waals surface area contributed by atoms with Crippen LogP contribution in [0.3, 0.4) is 0 Å². The highest BCUT2D eigenvalue weighted by molar-refractivity contribution is 6.30. The van der Waals surface area contributed by atoms with Crippen LogP contribution >= 0.6 is 11.6 Å². The quantitative estimate of drug-likeness (QED) is 0.369. The summed E-state index contributed by atoms with van der Waals surface area (Å²) >= 11 is 6.03. The van der Waals surface area contributed by atoms with Gasteiger partial charge in [0.2, 0.25) is 0 Å². The van der Waals surface area contributed by atoms with E-state index in [1.54, 1.807) is 15.4 Å². The molecule has 0 aliphatic rings. The van der Waals surface area contributed by atoms with Crippen molar-refractivity contribution < 1.29 is 4.79 Å². The molecule has 0 spiro atoms. The number of aromatic nitrogens is 5. The largest absolute Gasteiger partial charge is 0.365 e. The van der Waals surface area contributed by atoms with E-state index in [1.165, 1.54) is 6.20 Å². The molecule has 0 fully saturated rings. The molecular formula is C25H22ClN7O. The van der Waals surface area contributed by atoms with Gasteiger partial charge in [0.05, 0.1) is 29.0 Å². The van der Waals surface area contributed by atoms with E-state index in [-0.39, 0.29) is 6.04 Å². The second-order valence-electron chi connectivity index (χ2n) is 8.05. The number of pyridine rings is 2. The van der Waals surface area contributed by atoms with Gasteiger partial charge >= 0.3 is 0 Å². The minimum Gasteiger partial charge on any atom is -0.365 e. The van der Waals surface area contributed by atoms with Crippen LogP contribution in [0.15, 0.2) is 73.1 Å². The number of fused-ring (bicyclic) bond motifs is 1. The Labute approximate surface area is 201 Å². The van der Waals surface area contributed by atoms with Gasteiger partial charge in [-0.3, -0.25) is 4.79 Å². The van der Waals surface area contributed by atoms with E-state index in [0.717, 1.165) is 22.5 Å². The predicted octanol–water partition coefficient (Wildman–Crippen LogP) is 4.82. The average molecular weight is 472 g/mol. The lowest BCUT2D eigenvalue weighted by atomic mass is 10.1. The summed E-state index contributed by atoms with van der Waals surface area (Å²) in [5, 5.41) is 13.2. The minimum atomic E-state index is -0.528. The first kappa shape index (κ1) is 21.7. The molecule has 0 aliphatic heterocycles. The highest BCUT2D eigenvalue weighted by Gasteiger charge is 2.17. The molecular weight excluding hydrogens is 450 g/mol. The summed E-state index contributed by atoms with van der Waals surface area (Å²) in [4.78, 5) is 16.5. The van der Waals surface area contributed by atoms with Crippen LogP contribution in [-0.4, -0.2) is 30.3 Å². The zero-order valence-corrected chi connectivity index (χ0v) is 19.4. The van der Waals surface area contributed by atoms with Gasteiger partial charge < -0.3 is 11.1 Å². The van der Waals surface area contributed by atoms with Gasteiger partial charge in [-0.25, -0.2) is 14.2 Å². The first-order valence-corrected chi connectivity index (χ1v) is 11.1. The molecule has 5 rings (SSSR count). The number of carbonyl (C=O) groups is 1. The summed E-state index contributed by atoms with van der Waals surface area (Å²) in [5.74, 6) is 0.843. The van der Waals surface area contributed by atoms with Crippen LogP contribution in [0.5, 0.6) is 0 Å². The number of nitrogens with one attached hydrogen (secondary N) is 1. The number of nitrogens with zero attached hydrogens (tertiary/aromatic N) is 5. The van der Waals surface area contributed by atoms with Crippen molar-refractivity contribution in [3.63, 3.8) is 0 Å². The number of hydrogen-bond donors (Lipinski definition) is 2. The number of carbonyl (C=O) groups excluding carboxylic acids is 1. The highest BCUT2D eigenvalue weighted by atomic mass is 35.5. The van der Waals surface area contributed by atoms with E-state index in [1.807, 2.05) is 67.6 Å². The maximum Gasteiger partial charge on any atom is 0.252 e. The number of aryl methyl sites for hydroxylation is 1. The number of anilines is 1. The Balaban J connectivity index is 1.60. The van der Waals surface area contributed by atoms with Crippen molar-refractivity contribution in [1.29, 1.82) is 0 Å². The third-order valence-corrected chi connectivity index (χ3v) is 5.87. The van der Waals surface area contributed by atoms with Gasteiger partial charge in [-0.15, -0.1) is 5.10 Å². The predicted molar refractivity (Wildman–Crippen MR) is 132 cm³/mol. The van der Waals surface area contributed by atoms with Gasteiger partial charge in [0.25, 0.3) is 5.91 Å². The van der Waals surface area contributed by atoms with E-state index >= 15 is 0 Å². The van der Waals surface area contributed by atoms with Gasteiger partial charge in [0, 0.05) is 28.5 Å². The first-order valence-electron chi connectivity index (χ1n) is 10.7. The van der Waals surface area contributed by atoms with Crippen LogP contribution in [0.2, 0.25) is 5.02 Å². The molecule has 4 heterocycles. The molecule has 0 radical (unpaired) electrons. The molecule has 34 heavy (non-hydrogen) atoms. The third-order valence-electron chi connectivity index (χ3n) is 5.62. The maximum absolute atomic E-state index is 11.9. The Morgan fingerprint density at radius 3 is 2.65 bits per heavy atom. The Bertz CT molecular complexity index is 1500. The van der Waals surface area contributed by atoms with E-state index in [4.69, 9.17) is 22.4 Å². The van der Waals surface area contributed by atoms with Crippen LogP contribution in [-0.2, 0) is 0 Å². The molecule has 5 aromatic rings. The monoisotopic (exact) mass is 471 g/mol. The van der Waals surface area contributed by atoms with E-state index in [9.17, 15) is 4.79 Å². The van der Waals surface area contributed by atoms with Crippen molar-refractivity contribution in [2.45, 2.75) is 19.9 Å². The zero-order valence-electron chi connectivity index (χ0n) is 18.6. The zero-order chi connectivity index (χ0) is 23.8. The fourth-order valence-corrected chi connectivity index (χ4v) is 3.99. The lowest BCUT2D eigenvalue weighted by Crippen LogP contribution is -2.10. The summed E-state index contributed by atoms with van der Waals surface area (Å²) in [7, 11) is 0. The molecule has 0 saturated heterocycles. The molecule has 4 aromatic heterocycles. The molecule has 0 aliphatic carbocycles. The average Bonchev–Trinajstić information content (AvgIpc) is 3.43. The number of nitrogens with two attached hydrogens (primary N) is 1. The van der Waals surface area contributed by atoms with Crippen molar-refractivity contribution in [2.24, 2.45) is 5.73 Å². The van der Waals surface area contributed by atoms with E-state index in [0.29, 0.717) is 27.7 Å². The fraction of sp³-hybridized carbons (Fsp3) is 0.120. The van der Waals surface area contributed by atoms with Crippen molar-refractivity contribution >= 4 is 28.8 Å². The van der Waals surface area contributed by atoms with Crippen molar-refractivity contribution in [3.05, 3.63) is 94.9 Å². The minimum absolute atomic E-state index is 0.00212. The van der Waals surface area contributed by atoms with Crippen LogP contribution in [0.1, 0.15) is 34.6 Å². The van der Waals surface area contributed by atoms with Crippen LogP contribution in [0, 0.1) is 6.92 Å². The van der Waals surface area contributed by atoms with Gasteiger partial charge in [0.15, 0.2) is 5.82 Å². The van der Waals surface area contributed by atoms with Crippen LogP contribution in [0.25, 0.3) is 22.6 Å². The molecule has 3 N–H and O–H groups in total. The number of halogens is 1. The normalized spacial score (nSPS) is 12.1. The lowest BCUT2D eigenvalue weighted by Gasteiger charge is -2.13. The number of hydrogen-bond acceptors (Lipinski definition) is 5. The second-order valence-corrected chi connectivity index (χ2v) is 8.49. The topological polar surface area (TPSA) is 103 Å². The number of primary amides is 1. The molecule has 170 valence electrons. The van der Waals surface area contributed by atoms with Crippen molar-refractivity contribution in [3.8, 4) is 17.1 Å². The SMILES string of the molecule is Cc1cccc(-n2nc(NC(C)c3ccc(Cl)cc3)cc2-c2ccn3ncc(C(N)=O)c3c2)n1. The molecule has 1 atom stereocenters. The Morgan fingerprint density at radius 2 is 1.91 bits per heavy atom.